The van der Waals surface area contributed by atoms with Gasteiger partial charge in [0.05, 0.1) is 22.3 Å². The lowest BCUT2D eigenvalue weighted by Crippen LogP contribution is -2.24. The normalized spacial score (nSPS) is 16.1. The van der Waals surface area contributed by atoms with Crippen LogP contribution in [0.1, 0.15) is 50.0 Å². The molecule has 4 aromatic rings. The first-order valence-electron chi connectivity index (χ1n) is 11.1. The number of fused-ring (bicyclic) bond motifs is 1. The van der Waals surface area contributed by atoms with Gasteiger partial charge in [-0.3, -0.25) is 4.98 Å². The molecule has 2 heterocycles. The van der Waals surface area contributed by atoms with Crippen LogP contribution in [0.15, 0.2) is 61.1 Å². The highest BCUT2D eigenvalue weighted by atomic mass is 35.5. The largest absolute Gasteiger partial charge is 0.382 e. The fourth-order valence-corrected chi connectivity index (χ4v) is 4.72. The topological polar surface area (TPSA) is 70.9 Å². The Morgan fingerprint density at radius 3 is 2.45 bits per heavy atom. The van der Waals surface area contributed by atoms with Crippen molar-refractivity contribution in [3.8, 4) is 11.1 Å². The molecule has 168 valence electrons. The van der Waals surface area contributed by atoms with Crippen molar-refractivity contribution < 1.29 is 9.50 Å². The number of nitrogens with zero attached hydrogens (tertiary/aromatic N) is 3. The lowest BCUT2D eigenvalue weighted by molar-refractivity contribution is 0.0351. The minimum absolute atomic E-state index is 0.270. The molecule has 33 heavy (non-hydrogen) atoms. The smallest absolute Gasteiger partial charge is 0.159 e. The molecule has 0 amide bonds. The van der Waals surface area contributed by atoms with Gasteiger partial charge in [0.2, 0.25) is 0 Å². The third-order valence-electron chi connectivity index (χ3n) is 6.39. The van der Waals surface area contributed by atoms with Gasteiger partial charge in [0.1, 0.15) is 11.4 Å². The van der Waals surface area contributed by atoms with Crippen LogP contribution in [-0.4, -0.2) is 20.1 Å². The van der Waals surface area contributed by atoms with E-state index >= 15 is 0 Å². The Balaban J connectivity index is 1.50. The van der Waals surface area contributed by atoms with E-state index in [0.29, 0.717) is 34.9 Å². The average Bonchev–Trinajstić information content (AvgIpc) is 3.28. The van der Waals surface area contributed by atoms with E-state index in [4.69, 9.17) is 11.6 Å². The minimum atomic E-state index is -0.917. The molecule has 2 aromatic carbocycles. The molecule has 1 atom stereocenters. The first-order valence-corrected chi connectivity index (χ1v) is 11.5. The second-order valence-electron chi connectivity index (χ2n) is 8.63. The summed E-state index contributed by atoms with van der Waals surface area (Å²) < 4.78 is 14.3. The van der Waals surface area contributed by atoms with Crippen molar-refractivity contribution in [2.45, 2.75) is 44.2 Å². The van der Waals surface area contributed by atoms with E-state index in [9.17, 15) is 9.50 Å². The van der Waals surface area contributed by atoms with Crippen molar-refractivity contribution in [2.24, 2.45) is 0 Å². The molecule has 0 radical (unpaired) electrons. The zero-order valence-electron chi connectivity index (χ0n) is 18.2. The Morgan fingerprint density at radius 1 is 1.00 bits per heavy atom. The number of hydrogen-bond donors (Lipinski definition) is 2. The van der Waals surface area contributed by atoms with E-state index in [1.807, 2.05) is 31.2 Å². The molecule has 1 fully saturated rings. The van der Waals surface area contributed by atoms with Crippen LogP contribution in [0.5, 0.6) is 0 Å². The quantitative estimate of drug-likeness (QED) is 0.358. The van der Waals surface area contributed by atoms with E-state index in [-0.39, 0.29) is 11.9 Å². The number of rotatable bonds is 5. The van der Waals surface area contributed by atoms with Gasteiger partial charge < -0.3 is 10.4 Å². The zero-order valence-corrected chi connectivity index (χ0v) is 19.0. The second-order valence-corrected chi connectivity index (χ2v) is 9.04. The summed E-state index contributed by atoms with van der Waals surface area (Å²) in [5.74, 6) is 0.212. The summed E-state index contributed by atoms with van der Waals surface area (Å²) in [5.41, 5.74) is 2.83. The lowest BCUT2D eigenvalue weighted by atomic mass is 10.0. The van der Waals surface area contributed by atoms with Gasteiger partial charge in [-0.05, 0) is 56.4 Å². The first kappa shape index (κ1) is 21.7. The number of pyridine rings is 1. The molecule has 2 aromatic heterocycles. The number of aliphatic hydroxyl groups is 1. The van der Waals surface area contributed by atoms with Crippen LogP contribution < -0.4 is 5.32 Å². The molecule has 0 spiro atoms. The van der Waals surface area contributed by atoms with Gasteiger partial charge in [0.15, 0.2) is 5.82 Å². The SMILES string of the molecule is C[C@@H](Nc1c(Cl)cnc2ccc(-c3cnc(C4(O)CCCC4)nc3)cc12)c1ccccc1F. The Bertz CT molecular complexity index is 1310. The van der Waals surface area contributed by atoms with Gasteiger partial charge in [0, 0.05) is 35.1 Å². The molecule has 0 aliphatic heterocycles. The van der Waals surface area contributed by atoms with Crippen molar-refractivity contribution in [3.05, 3.63) is 83.3 Å². The average molecular weight is 463 g/mol. The van der Waals surface area contributed by atoms with Crippen LogP contribution >= 0.6 is 11.6 Å². The molecule has 5 nitrogen and oxygen atoms in total. The summed E-state index contributed by atoms with van der Waals surface area (Å²) in [5, 5.41) is 15.4. The van der Waals surface area contributed by atoms with Gasteiger partial charge >= 0.3 is 0 Å². The number of hydrogen-bond acceptors (Lipinski definition) is 5. The van der Waals surface area contributed by atoms with Crippen LogP contribution in [-0.2, 0) is 5.60 Å². The van der Waals surface area contributed by atoms with E-state index in [1.165, 1.54) is 6.07 Å². The van der Waals surface area contributed by atoms with E-state index in [1.54, 1.807) is 30.7 Å². The minimum Gasteiger partial charge on any atom is -0.382 e. The molecule has 1 aliphatic rings. The fraction of sp³-hybridized carbons (Fsp3) is 0.269. The predicted molar refractivity (Wildman–Crippen MR) is 129 cm³/mol. The molecule has 7 heteroatoms. The zero-order chi connectivity index (χ0) is 23.0. The molecule has 1 aliphatic carbocycles. The molecule has 1 saturated carbocycles. The standard InChI is InChI=1S/C26H24ClFN4O/c1-16(19-6-2-3-7-22(19)28)32-24-20-12-17(8-9-23(20)29-15-21(24)27)18-13-30-25(31-14-18)26(33)10-4-5-11-26/h2-3,6-9,12-16,33H,4-5,10-11H2,1H3,(H,29,32)/t16-/m1/s1. The van der Waals surface area contributed by atoms with Gasteiger partial charge in [0.25, 0.3) is 0 Å². The van der Waals surface area contributed by atoms with Crippen molar-refractivity contribution in [2.75, 3.05) is 5.32 Å². The summed E-state index contributed by atoms with van der Waals surface area (Å²) in [4.78, 5) is 13.4. The number of anilines is 1. The molecule has 0 bridgehead atoms. The van der Waals surface area contributed by atoms with Crippen LogP contribution in [0, 0.1) is 5.82 Å². The maximum atomic E-state index is 14.3. The number of nitrogens with one attached hydrogen (secondary N) is 1. The van der Waals surface area contributed by atoms with Gasteiger partial charge in [-0.25, -0.2) is 14.4 Å². The first-order chi connectivity index (χ1) is 15.9. The Hall–Kier alpha value is -3.09. The molecule has 5 rings (SSSR count). The number of benzene rings is 2. The molecular formula is C26H24ClFN4O. The van der Waals surface area contributed by atoms with Crippen molar-refractivity contribution in [1.82, 2.24) is 15.0 Å². The van der Waals surface area contributed by atoms with Crippen LogP contribution in [0.3, 0.4) is 0 Å². The molecule has 0 saturated heterocycles. The van der Waals surface area contributed by atoms with Crippen LogP contribution in [0.4, 0.5) is 10.1 Å². The van der Waals surface area contributed by atoms with Crippen molar-refractivity contribution >= 4 is 28.2 Å². The van der Waals surface area contributed by atoms with E-state index in [0.717, 1.165) is 34.9 Å². The Labute approximate surface area is 196 Å². The van der Waals surface area contributed by atoms with Gasteiger partial charge in [-0.1, -0.05) is 35.9 Å². The summed E-state index contributed by atoms with van der Waals surface area (Å²) in [7, 11) is 0. The maximum absolute atomic E-state index is 14.3. The van der Waals surface area contributed by atoms with Crippen LogP contribution in [0.25, 0.3) is 22.0 Å². The van der Waals surface area contributed by atoms with Gasteiger partial charge in [-0.2, -0.15) is 0 Å². The predicted octanol–water partition coefficient (Wildman–Crippen LogP) is 6.42. The maximum Gasteiger partial charge on any atom is 0.159 e. The summed E-state index contributed by atoms with van der Waals surface area (Å²) in [6.45, 7) is 1.89. The van der Waals surface area contributed by atoms with E-state index in [2.05, 4.69) is 20.3 Å². The molecular weight excluding hydrogens is 439 g/mol. The monoisotopic (exact) mass is 462 g/mol. The second kappa shape index (κ2) is 8.69. The Morgan fingerprint density at radius 2 is 1.73 bits per heavy atom. The molecule has 2 N–H and O–H groups in total. The third kappa shape index (κ3) is 4.16. The Kier molecular flexibility index (Phi) is 5.72. The van der Waals surface area contributed by atoms with Crippen LogP contribution in [0.2, 0.25) is 5.02 Å². The molecule has 0 unspecified atom stereocenters. The number of aromatic nitrogens is 3. The van der Waals surface area contributed by atoms with Crippen molar-refractivity contribution in [3.63, 3.8) is 0 Å². The summed E-state index contributed by atoms with van der Waals surface area (Å²) >= 11 is 6.51. The fourth-order valence-electron chi connectivity index (χ4n) is 4.52. The highest BCUT2D eigenvalue weighted by Crippen LogP contribution is 2.38. The highest BCUT2D eigenvalue weighted by molar-refractivity contribution is 6.34. The lowest BCUT2D eigenvalue weighted by Gasteiger charge is -2.20. The van der Waals surface area contributed by atoms with E-state index < -0.39 is 5.60 Å². The highest BCUT2D eigenvalue weighted by Gasteiger charge is 2.35. The van der Waals surface area contributed by atoms with Gasteiger partial charge in [-0.15, -0.1) is 0 Å². The number of halogens is 2. The van der Waals surface area contributed by atoms with Crippen molar-refractivity contribution in [1.29, 1.82) is 0 Å². The summed E-state index contributed by atoms with van der Waals surface area (Å²) in [6, 6.07) is 12.2. The summed E-state index contributed by atoms with van der Waals surface area (Å²) in [6.07, 6.45) is 8.45. The third-order valence-corrected chi connectivity index (χ3v) is 6.67.